The molecule has 1 aromatic rings. The van der Waals surface area contributed by atoms with Crippen molar-refractivity contribution in [1.29, 1.82) is 0 Å². The molecule has 2 amide bonds. The van der Waals surface area contributed by atoms with E-state index in [4.69, 9.17) is 5.73 Å². The van der Waals surface area contributed by atoms with E-state index in [0.717, 1.165) is 19.3 Å². The summed E-state index contributed by atoms with van der Waals surface area (Å²) in [5.41, 5.74) is 5.84. The average molecular weight is 279 g/mol. The molecule has 1 saturated heterocycles. The van der Waals surface area contributed by atoms with Gasteiger partial charge in [0, 0.05) is 18.7 Å². The Morgan fingerprint density at radius 1 is 1.35 bits per heavy atom. The summed E-state index contributed by atoms with van der Waals surface area (Å²) in [7, 11) is 0. The maximum absolute atomic E-state index is 13.0. The fraction of sp³-hybridized carbons (Fsp3) is 0.429. The maximum Gasteiger partial charge on any atom is 0.243 e. The monoisotopic (exact) mass is 279 g/mol. The predicted octanol–water partition coefficient (Wildman–Crippen LogP) is 1.75. The summed E-state index contributed by atoms with van der Waals surface area (Å²) in [5.74, 6) is -0.812. The van der Waals surface area contributed by atoms with Crippen molar-refractivity contribution in [3.8, 4) is 0 Å². The summed E-state index contributed by atoms with van der Waals surface area (Å²) in [6.07, 6.45) is 3.31. The zero-order valence-electron chi connectivity index (χ0n) is 11.2. The average Bonchev–Trinajstić information content (AvgIpc) is 2.59. The lowest BCUT2D eigenvalue weighted by molar-refractivity contribution is -0.134. The number of halogens is 1. The van der Waals surface area contributed by atoms with Crippen molar-refractivity contribution in [3.63, 3.8) is 0 Å². The molecule has 5 nitrogen and oxygen atoms in total. The Kier molecular flexibility index (Phi) is 4.55. The van der Waals surface area contributed by atoms with E-state index in [2.05, 4.69) is 5.32 Å². The quantitative estimate of drug-likeness (QED) is 0.828. The first kappa shape index (κ1) is 14.3. The number of rotatable bonds is 3. The van der Waals surface area contributed by atoms with Crippen LogP contribution in [0.15, 0.2) is 18.2 Å². The summed E-state index contributed by atoms with van der Waals surface area (Å²) >= 11 is 0. The third-order valence-corrected chi connectivity index (χ3v) is 3.29. The molecule has 20 heavy (non-hydrogen) atoms. The third-order valence-electron chi connectivity index (χ3n) is 3.29. The Labute approximate surface area is 116 Å². The minimum absolute atomic E-state index is 0.0104. The normalized spacial score (nSPS) is 15.8. The number of benzene rings is 1. The minimum atomic E-state index is -0.523. The highest BCUT2D eigenvalue weighted by Crippen LogP contribution is 2.16. The molecule has 6 heteroatoms. The van der Waals surface area contributed by atoms with Crippen LogP contribution in [0.25, 0.3) is 0 Å². The standard InChI is InChI=1S/C14H18FN3O2/c15-11-6-5-10(8-12(11)16)17-13(19)9-18-7-3-1-2-4-14(18)20/h5-6,8H,1-4,7,9,16H2,(H,17,19). The Morgan fingerprint density at radius 2 is 2.15 bits per heavy atom. The predicted molar refractivity (Wildman–Crippen MR) is 74.5 cm³/mol. The van der Waals surface area contributed by atoms with E-state index in [0.29, 0.717) is 18.7 Å². The topological polar surface area (TPSA) is 75.4 Å². The second-order valence-electron chi connectivity index (χ2n) is 4.91. The molecule has 108 valence electrons. The molecule has 1 fully saturated rings. The van der Waals surface area contributed by atoms with Crippen LogP contribution in [0.4, 0.5) is 15.8 Å². The Morgan fingerprint density at radius 3 is 2.90 bits per heavy atom. The summed E-state index contributed by atoms with van der Waals surface area (Å²) in [6.45, 7) is 0.633. The lowest BCUT2D eigenvalue weighted by Crippen LogP contribution is -2.37. The van der Waals surface area contributed by atoms with Crippen LogP contribution < -0.4 is 11.1 Å². The molecule has 0 atom stereocenters. The van der Waals surface area contributed by atoms with Gasteiger partial charge in [0.05, 0.1) is 12.2 Å². The zero-order chi connectivity index (χ0) is 14.5. The summed E-state index contributed by atoms with van der Waals surface area (Å²) < 4.78 is 13.0. The SMILES string of the molecule is Nc1cc(NC(=O)CN2CCCCCC2=O)ccc1F. The Hall–Kier alpha value is -2.11. The van der Waals surface area contributed by atoms with Gasteiger partial charge in [-0.15, -0.1) is 0 Å². The molecular formula is C14H18FN3O2. The van der Waals surface area contributed by atoms with Crippen LogP contribution >= 0.6 is 0 Å². The van der Waals surface area contributed by atoms with Crippen molar-refractivity contribution in [2.24, 2.45) is 0 Å². The van der Waals surface area contributed by atoms with Crippen LogP contribution in [-0.2, 0) is 9.59 Å². The number of hydrogen-bond acceptors (Lipinski definition) is 3. The third kappa shape index (κ3) is 3.69. The highest BCUT2D eigenvalue weighted by molar-refractivity contribution is 5.94. The number of nitrogen functional groups attached to an aromatic ring is 1. The van der Waals surface area contributed by atoms with Gasteiger partial charge in [-0.1, -0.05) is 6.42 Å². The van der Waals surface area contributed by atoms with Gasteiger partial charge >= 0.3 is 0 Å². The van der Waals surface area contributed by atoms with Gasteiger partial charge in [-0.3, -0.25) is 9.59 Å². The first-order chi connectivity index (χ1) is 9.56. The molecule has 0 bridgehead atoms. The molecule has 1 aliphatic heterocycles. The van der Waals surface area contributed by atoms with Crippen LogP contribution in [0.2, 0.25) is 0 Å². The van der Waals surface area contributed by atoms with Crippen LogP contribution in [-0.4, -0.2) is 29.8 Å². The summed E-state index contributed by atoms with van der Waals surface area (Å²) in [5, 5.41) is 2.62. The largest absolute Gasteiger partial charge is 0.396 e. The lowest BCUT2D eigenvalue weighted by atomic mass is 10.2. The van der Waals surface area contributed by atoms with Crippen LogP contribution in [0, 0.1) is 5.82 Å². The second kappa shape index (κ2) is 6.36. The van der Waals surface area contributed by atoms with Crippen molar-refractivity contribution >= 4 is 23.2 Å². The highest BCUT2D eigenvalue weighted by Gasteiger charge is 2.19. The van der Waals surface area contributed by atoms with E-state index in [9.17, 15) is 14.0 Å². The Balaban J connectivity index is 1.94. The van der Waals surface area contributed by atoms with Crippen LogP contribution in [0.1, 0.15) is 25.7 Å². The summed E-state index contributed by atoms with van der Waals surface area (Å²) in [4.78, 5) is 25.2. The van der Waals surface area contributed by atoms with Crippen molar-refractivity contribution in [2.45, 2.75) is 25.7 Å². The molecule has 0 aliphatic carbocycles. The van der Waals surface area contributed by atoms with Crippen molar-refractivity contribution < 1.29 is 14.0 Å². The van der Waals surface area contributed by atoms with E-state index >= 15 is 0 Å². The number of likely N-dealkylation sites (tertiary alicyclic amines) is 1. The number of nitrogens with zero attached hydrogens (tertiary/aromatic N) is 1. The lowest BCUT2D eigenvalue weighted by Gasteiger charge is -2.19. The molecule has 2 rings (SSSR count). The van der Waals surface area contributed by atoms with E-state index in [1.807, 2.05) is 0 Å². The van der Waals surface area contributed by atoms with Crippen LogP contribution in [0.5, 0.6) is 0 Å². The van der Waals surface area contributed by atoms with Gasteiger partial charge in [-0.05, 0) is 31.0 Å². The van der Waals surface area contributed by atoms with E-state index in [-0.39, 0.29) is 24.0 Å². The molecule has 0 spiro atoms. The zero-order valence-corrected chi connectivity index (χ0v) is 11.2. The molecule has 1 aliphatic rings. The van der Waals surface area contributed by atoms with E-state index in [1.165, 1.54) is 18.2 Å². The molecule has 1 heterocycles. The van der Waals surface area contributed by atoms with E-state index in [1.54, 1.807) is 4.90 Å². The van der Waals surface area contributed by atoms with Gasteiger partial charge in [0.25, 0.3) is 0 Å². The fourth-order valence-corrected chi connectivity index (χ4v) is 2.20. The highest BCUT2D eigenvalue weighted by atomic mass is 19.1. The van der Waals surface area contributed by atoms with Gasteiger partial charge in [0.1, 0.15) is 5.82 Å². The van der Waals surface area contributed by atoms with Gasteiger partial charge in [0.2, 0.25) is 11.8 Å². The van der Waals surface area contributed by atoms with Gasteiger partial charge < -0.3 is 16.0 Å². The molecular weight excluding hydrogens is 261 g/mol. The van der Waals surface area contributed by atoms with E-state index < -0.39 is 5.82 Å². The number of carbonyl (C=O) groups excluding carboxylic acids is 2. The molecule has 0 unspecified atom stereocenters. The molecule has 1 aromatic carbocycles. The van der Waals surface area contributed by atoms with Crippen molar-refractivity contribution in [2.75, 3.05) is 24.1 Å². The molecule has 0 saturated carbocycles. The minimum Gasteiger partial charge on any atom is -0.396 e. The number of carbonyl (C=O) groups is 2. The van der Waals surface area contributed by atoms with Crippen molar-refractivity contribution in [1.82, 2.24) is 4.90 Å². The van der Waals surface area contributed by atoms with Gasteiger partial charge in [-0.2, -0.15) is 0 Å². The summed E-state index contributed by atoms with van der Waals surface area (Å²) in [6, 6.07) is 3.99. The number of nitrogens with two attached hydrogens (primary N) is 1. The Bertz CT molecular complexity index is 519. The number of amides is 2. The number of anilines is 2. The number of nitrogens with one attached hydrogen (secondary N) is 1. The van der Waals surface area contributed by atoms with Crippen molar-refractivity contribution in [3.05, 3.63) is 24.0 Å². The smallest absolute Gasteiger partial charge is 0.243 e. The number of hydrogen-bond donors (Lipinski definition) is 2. The molecule has 0 radical (unpaired) electrons. The fourth-order valence-electron chi connectivity index (χ4n) is 2.20. The molecule has 3 N–H and O–H groups in total. The second-order valence-corrected chi connectivity index (χ2v) is 4.91. The van der Waals surface area contributed by atoms with Gasteiger partial charge in [0.15, 0.2) is 0 Å². The first-order valence-corrected chi connectivity index (χ1v) is 6.69. The van der Waals surface area contributed by atoms with Gasteiger partial charge in [-0.25, -0.2) is 4.39 Å². The maximum atomic E-state index is 13.0. The van der Waals surface area contributed by atoms with Crippen LogP contribution in [0.3, 0.4) is 0 Å². The first-order valence-electron chi connectivity index (χ1n) is 6.69. The molecule has 0 aromatic heterocycles.